The molecule has 1 aromatic rings. The summed E-state index contributed by atoms with van der Waals surface area (Å²) in [5.74, 6) is 1.52. The van der Waals surface area contributed by atoms with Gasteiger partial charge >= 0.3 is 0 Å². The van der Waals surface area contributed by atoms with Crippen LogP contribution in [0.3, 0.4) is 0 Å². The van der Waals surface area contributed by atoms with Crippen LogP contribution in [-0.2, 0) is 9.47 Å². The molecule has 94 valence electrons. The van der Waals surface area contributed by atoms with Crippen LogP contribution >= 0.6 is 0 Å². The summed E-state index contributed by atoms with van der Waals surface area (Å²) in [6.07, 6.45) is 0.614. The average Bonchev–Trinajstić information content (AvgIpc) is 2.84. The van der Waals surface area contributed by atoms with Crippen molar-refractivity contribution in [1.82, 2.24) is 0 Å². The van der Waals surface area contributed by atoms with Gasteiger partial charge < -0.3 is 18.9 Å². The summed E-state index contributed by atoms with van der Waals surface area (Å²) in [6, 6.07) is 5.88. The lowest BCUT2D eigenvalue weighted by molar-refractivity contribution is -0.0532. The lowest BCUT2D eigenvalue weighted by atomic mass is 10.2. The van der Waals surface area contributed by atoms with Gasteiger partial charge in [-0.05, 0) is 24.6 Å². The summed E-state index contributed by atoms with van der Waals surface area (Å²) in [4.78, 5) is 0. The Morgan fingerprint density at radius 2 is 2.00 bits per heavy atom. The molecule has 0 radical (unpaired) electrons. The van der Waals surface area contributed by atoms with Crippen LogP contribution in [0.4, 0.5) is 0 Å². The molecule has 0 amide bonds. The lowest BCUT2D eigenvalue weighted by Crippen LogP contribution is -2.12. The first-order valence-electron chi connectivity index (χ1n) is 5.80. The Balaban J connectivity index is 1.85. The van der Waals surface area contributed by atoms with Crippen LogP contribution < -0.4 is 9.47 Å². The monoisotopic (exact) mass is 238 g/mol. The van der Waals surface area contributed by atoms with Crippen molar-refractivity contribution in [2.45, 2.75) is 19.6 Å². The first-order valence-corrected chi connectivity index (χ1v) is 5.80. The van der Waals surface area contributed by atoms with Gasteiger partial charge in [-0.3, -0.25) is 0 Å². The highest BCUT2D eigenvalue weighted by molar-refractivity contribution is 5.42. The molecule has 1 aliphatic rings. The zero-order valence-corrected chi connectivity index (χ0v) is 10.3. The number of rotatable bonds is 5. The van der Waals surface area contributed by atoms with Crippen LogP contribution in [0.1, 0.15) is 12.0 Å². The third kappa shape index (κ3) is 3.35. The second kappa shape index (κ2) is 5.89. The number of aryl methyl sites for hydroxylation is 1. The molecule has 1 saturated heterocycles. The van der Waals surface area contributed by atoms with E-state index in [9.17, 15) is 0 Å². The maximum absolute atomic E-state index is 5.66. The van der Waals surface area contributed by atoms with E-state index < -0.39 is 0 Å². The fraction of sp³-hybridized carbons (Fsp3) is 0.538. The van der Waals surface area contributed by atoms with E-state index in [1.807, 2.05) is 25.1 Å². The smallest absolute Gasteiger partial charge is 0.161 e. The Kier molecular flexibility index (Phi) is 4.23. The first-order chi connectivity index (χ1) is 8.29. The van der Waals surface area contributed by atoms with E-state index in [-0.39, 0.29) is 6.29 Å². The van der Waals surface area contributed by atoms with Gasteiger partial charge in [0.1, 0.15) is 0 Å². The maximum atomic E-state index is 5.66. The van der Waals surface area contributed by atoms with Gasteiger partial charge in [-0.2, -0.15) is 0 Å². The number of ether oxygens (including phenoxy) is 4. The van der Waals surface area contributed by atoms with E-state index in [4.69, 9.17) is 18.9 Å². The highest BCUT2D eigenvalue weighted by Crippen LogP contribution is 2.28. The van der Waals surface area contributed by atoms with Crippen LogP contribution in [0.2, 0.25) is 0 Å². The van der Waals surface area contributed by atoms with Gasteiger partial charge in [-0.1, -0.05) is 6.07 Å². The van der Waals surface area contributed by atoms with E-state index in [1.165, 1.54) is 0 Å². The molecule has 1 heterocycles. The Morgan fingerprint density at radius 3 is 2.71 bits per heavy atom. The highest BCUT2D eigenvalue weighted by Gasteiger charge is 2.15. The summed E-state index contributed by atoms with van der Waals surface area (Å²) < 4.78 is 21.6. The third-order valence-electron chi connectivity index (χ3n) is 2.62. The van der Waals surface area contributed by atoms with Crippen molar-refractivity contribution in [1.29, 1.82) is 0 Å². The van der Waals surface area contributed by atoms with Crippen molar-refractivity contribution >= 4 is 0 Å². The van der Waals surface area contributed by atoms with E-state index in [0.717, 1.165) is 23.5 Å². The molecule has 17 heavy (non-hydrogen) atoms. The Bertz CT molecular complexity index is 358. The molecule has 0 saturated carbocycles. The van der Waals surface area contributed by atoms with Crippen molar-refractivity contribution in [3.63, 3.8) is 0 Å². The normalized spacial score (nSPS) is 16.1. The Morgan fingerprint density at radius 1 is 1.24 bits per heavy atom. The summed E-state index contributed by atoms with van der Waals surface area (Å²) >= 11 is 0. The summed E-state index contributed by atoms with van der Waals surface area (Å²) in [6.45, 7) is 3.94. The fourth-order valence-electron chi connectivity index (χ4n) is 1.73. The topological polar surface area (TPSA) is 36.9 Å². The summed E-state index contributed by atoms with van der Waals surface area (Å²) in [7, 11) is 1.64. The van der Waals surface area contributed by atoms with E-state index in [1.54, 1.807) is 7.11 Å². The lowest BCUT2D eigenvalue weighted by Gasteiger charge is -2.13. The molecule has 0 bridgehead atoms. The number of methoxy groups -OCH3 is 1. The summed E-state index contributed by atoms with van der Waals surface area (Å²) in [5.41, 5.74) is 1.15. The molecule has 0 N–H and O–H groups in total. The van der Waals surface area contributed by atoms with Crippen LogP contribution in [0.25, 0.3) is 0 Å². The quantitative estimate of drug-likeness (QED) is 0.787. The molecule has 0 spiro atoms. The predicted molar refractivity (Wildman–Crippen MR) is 63.5 cm³/mol. The average molecular weight is 238 g/mol. The minimum Gasteiger partial charge on any atom is -0.493 e. The fourth-order valence-corrected chi connectivity index (χ4v) is 1.73. The Hall–Kier alpha value is -1.26. The second-order valence-corrected chi connectivity index (χ2v) is 3.96. The number of benzene rings is 1. The van der Waals surface area contributed by atoms with Crippen molar-refractivity contribution in [2.75, 3.05) is 26.9 Å². The van der Waals surface area contributed by atoms with Crippen molar-refractivity contribution in [3.05, 3.63) is 23.8 Å². The summed E-state index contributed by atoms with van der Waals surface area (Å²) in [5, 5.41) is 0. The molecule has 4 heteroatoms. The van der Waals surface area contributed by atoms with Gasteiger partial charge in [0.2, 0.25) is 0 Å². The van der Waals surface area contributed by atoms with E-state index in [0.29, 0.717) is 19.8 Å². The van der Waals surface area contributed by atoms with E-state index in [2.05, 4.69) is 0 Å². The predicted octanol–water partition coefficient (Wildman–Crippen LogP) is 2.15. The van der Waals surface area contributed by atoms with Crippen LogP contribution in [0.5, 0.6) is 11.5 Å². The zero-order chi connectivity index (χ0) is 12.1. The molecular weight excluding hydrogens is 220 g/mol. The third-order valence-corrected chi connectivity index (χ3v) is 2.62. The van der Waals surface area contributed by atoms with Crippen molar-refractivity contribution in [2.24, 2.45) is 0 Å². The molecule has 0 atom stereocenters. The van der Waals surface area contributed by atoms with Crippen LogP contribution in [-0.4, -0.2) is 33.2 Å². The molecule has 1 fully saturated rings. The highest BCUT2D eigenvalue weighted by atomic mass is 16.7. The minimum atomic E-state index is -0.119. The van der Waals surface area contributed by atoms with Gasteiger partial charge in [0.15, 0.2) is 17.8 Å². The van der Waals surface area contributed by atoms with Gasteiger partial charge in [-0.15, -0.1) is 0 Å². The molecule has 2 rings (SSSR count). The molecular formula is C13H18O4. The molecule has 1 aliphatic heterocycles. The molecule has 0 aromatic heterocycles. The van der Waals surface area contributed by atoms with Crippen LogP contribution in [0, 0.1) is 6.92 Å². The van der Waals surface area contributed by atoms with Gasteiger partial charge in [0.05, 0.1) is 26.9 Å². The van der Waals surface area contributed by atoms with Gasteiger partial charge in [-0.25, -0.2) is 0 Å². The van der Waals surface area contributed by atoms with Crippen molar-refractivity contribution in [3.8, 4) is 11.5 Å². The number of hydrogen-bond donors (Lipinski definition) is 0. The second-order valence-electron chi connectivity index (χ2n) is 3.96. The van der Waals surface area contributed by atoms with Gasteiger partial charge in [0, 0.05) is 6.42 Å². The largest absolute Gasteiger partial charge is 0.493 e. The minimum absolute atomic E-state index is 0.119. The number of hydrogen-bond acceptors (Lipinski definition) is 4. The molecule has 1 aromatic carbocycles. The van der Waals surface area contributed by atoms with Crippen LogP contribution in [0.15, 0.2) is 18.2 Å². The van der Waals surface area contributed by atoms with E-state index >= 15 is 0 Å². The van der Waals surface area contributed by atoms with Gasteiger partial charge in [0.25, 0.3) is 0 Å². The van der Waals surface area contributed by atoms with Crippen molar-refractivity contribution < 1.29 is 18.9 Å². The maximum Gasteiger partial charge on any atom is 0.161 e. The first kappa shape index (κ1) is 12.2. The Labute approximate surface area is 101 Å². The molecule has 0 unspecified atom stereocenters. The molecule has 0 aliphatic carbocycles. The standard InChI is InChI=1S/C13H18O4/c1-10-3-4-11(12(9-10)14-2)15-6-5-13-16-7-8-17-13/h3-4,9,13H,5-8H2,1-2H3. The molecule has 4 nitrogen and oxygen atoms in total. The SMILES string of the molecule is COc1cc(C)ccc1OCCC1OCCO1. The zero-order valence-electron chi connectivity index (χ0n) is 10.3.